The molecule has 0 aliphatic rings. The Bertz CT molecular complexity index is 902. The lowest BCUT2D eigenvalue weighted by molar-refractivity contribution is 0.0442. The summed E-state index contributed by atoms with van der Waals surface area (Å²) in [5.41, 5.74) is 3.73. The molecule has 0 spiro atoms. The Kier molecular flexibility index (Phi) is 4.21. The van der Waals surface area contributed by atoms with Crippen LogP contribution in [0.25, 0.3) is 0 Å². The average Bonchev–Trinajstić information content (AvgIpc) is 2.95. The summed E-state index contributed by atoms with van der Waals surface area (Å²) in [5, 5.41) is 0. The minimum Gasteiger partial charge on any atom is -0.454 e. The van der Waals surface area contributed by atoms with Crippen molar-refractivity contribution in [3.8, 4) is 0 Å². The van der Waals surface area contributed by atoms with Gasteiger partial charge < -0.3 is 14.9 Å². The summed E-state index contributed by atoms with van der Waals surface area (Å²) in [4.78, 5) is 47.5. The lowest BCUT2D eigenvalue weighted by Crippen LogP contribution is -2.42. The molecule has 122 valence electrons. The summed E-state index contributed by atoms with van der Waals surface area (Å²) in [6.07, 6.45) is 0. The van der Waals surface area contributed by atoms with Gasteiger partial charge in [-0.05, 0) is 19.1 Å². The maximum atomic E-state index is 12.1. The van der Waals surface area contributed by atoms with Crippen molar-refractivity contribution in [3.63, 3.8) is 0 Å². The van der Waals surface area contributed by atoms with Crippen molar-refractivity contribution in [1.82, 2.24) is 9.13 Å². The number of furan rings is 1. The molecule has 2 aromatic rings. The first-order valence-electron chi connectivity index (χ1n) is 6.56. The molecule has 23 heavy (non-hydrogen) atoms. The van der Waals surface area contributed by atoms with Crippen LogP contribution in [0.4, 0.5) is 5.82 Å². The molecule has 9 heteroatoms. The highest BCUT2D eigenvalue weighted by Crippen LogP contribution is 2.09. The van der Waals surface area contributed by atoms with Crippen molar-refractivity contribution in [2.75, 3.05) is 12.3 Å². The number of carbonyl (C=O) groups excluding carboxylic acids is 2. The molecule has 2 rings (SSSR count). The van der Waals surface area contributed by atoms with Gasteiger partial charge in [-0.1, -0.05) is 0 Å². The van der Waals surface area contributed by atoms with Crippen molar-refractivity contribution in [2.24, 2.45) is 14.1 Å². The van der Waals surface area contributed by atoms with E-state index in [0.717, 1.165) is 9.13 Å². The molecule has 0 aliphatic carbocycles. The molecular formula is C14H15N3O6. The first-order chi connectivity index (χ1) is 10.7. The SMILES string of the molecule is Cc1ccc(C(=O)OCC(=O)c2c(N)n(C)c(=O)n(C)c2=O)o1. The highest BCUT2D eigenvalue weighted by molar-refractivity contribution is 6.01. The third-order valence-electron chi connectivity index (χ3n) is 3.26. The minimum absolute atomic E-state index is 0.0587. The first kappa shape index (κ1) is 16.3. The van der Waals surface area contributed by atoms with Gasteiger partial charge >= 0.3 is 11.7 Å². The van der Waals surface area contributed by atoms with E-state index in [9.17, 15) is 19.2 Å². The highest BCUT2D eigenvalue weighted by atomic mass is 16.5. The van der Waals surface area contributed by atoms with Crippen LogP contribution in [0.3, 0.4) is 0 Å². The number of nitrogens with two attached hydrogens (primary N) is 1. The Morgan fingerprint density at radius 3 is 2.43 bits per heavy atom. The number of nitrogen functional groups attached to an aromatic ring is 1. The van der Waals surface area contributed by atoms with Gasteiger partial charge in [0.1, 0.15) is 17.1 Å². The molecule has 0 bridgehead atoms. The third-order valence-corrected chi connectivity index (χ3v) is 3.26. The number of Topliss-reactive ketones (excluding diaryl/α,β-unsaturated/α-hetero) is 1. The Labute approximate surface area is 129 Å². The molecule has 0 radical (unpaired) electrons. The second kappa shape index (κ2) is 5.95. The lowest BCUT2D eigenvalue weighted by atomic mass is 10.2. The van der Waals surface area contributed by atoms with E-state index in [-0.39, 0.29) is 11.6 Å². The molecule has 0 fully saturated rings. The van der Waals surface area contributed by atoms with E-state index in [0.29, 0.717) is 5.76 Å². The van der Waals surface area contributed by atoms with E-state index in [1.54, 1.807) is 13.0 Å². The second-order valence-corrected chi connectivity index (χ2v) is 4.88. The van der Waals surface area contributed by atoms with Crippen LogP contribution in [-0.4, -0.2) is 27.5 Å². The van der Waals surface area contributed by atoms with E-state index in [4.69, 9.17) is 14.9 Å². The number of carbonyl (C=O) groups is 2. The highest BCUT2D eigenvalue weighted by Gasteiger charge is 2.22. The van der Waals surface area contributed by atoms with E-state index >= 15 is 0 Å². The fraction of sp³-hybridized carbons (Fsp3) is 0.286. The summed E-state index contributed by atoms with van der Waals surface area (Å²) < 4.78 is 11.6. The number of hydrogen-bond donors (Lipinski definition) is 1. The maximum absolute atomic E-state index is 12.1. The van der Waals surface area contributed by atoms with Gasteiger partial charge in [-0.25, -0.2) is 9.59 Å². The molecule has 0 atom stereocenters. The summed E-state index contributed by atoms with van der Waals surface area (Å²) in [6, 6.07) is 2.97. The number of esters is 1. The van der Waals surface area contributed by atoms with Crippen LogP contribution in [0.15, 0.2) is 26.1 Å². The molecule has 9 nitrogen and oxygen atoms in total. The van der Waals surface area contributed by atoms with Crippen LogP contribution in [0, 0.1) is 6.92 Å². The van der Waals surface area contributed by atoms with Crippen LogP contribution < -0.4 is 17.0 Å². The number of anilines is 1. The lowest BCUT2D eigenvalue weighted by Gasteiger charge is -2.10. The third kappa shape index (κ3) is 2.93. The predicted octanol–water partition coefficient (Wildman–Crippen LogP) is -0.393. The number of hydrogen-bond acceptors (Lipinski definition) is 7. The maximum Gasteiger partial charge on any atom is 0.374 e. The number of nitrogens with zero attached hydrogens (tertiary/aromatic N) is 2. The van der Waals surface area contributed by atoms with Crippen LogP contribution in [-0.2, 0) is 18.8 Å². The van der Waals surface area contributed by atoms with Crippen molar-refractivity contribution in [3.05, 3.63) is 50.1 Å². The molecule has 0 amide bonds. The number of ether oxygens (including phenoxy) is 1. The van der Waals surface area contributed by atoms with Gasteiger partial charge in [0, 0.05) is 14.1 Å². The van der Waals surface area contributed by atoms with Gasteiger partial charge in [0.2, 0.25) is 11.5 Å². The fourth-order valence-corrected chi connectivity index (χ4v) is 1.94. The van der Waals surface area contributed by atoms with E-state index < -0.39 is 35.2 Å². The van der Waals surface area contributed by atoms with Crippen molar-refractivity contribution in [1.29, 1.82) is 0 Å². The van der Waals surface area contributed by atoms with Gasteiger partial charge in [-0.15, -0.1) is 0 Å². The van der Waals surface area contributed by atoms with Crippen molar-refractivity contribution in [2.45, 2.75) is 6.92 Å². The van der Waals surface area contributed by atoms with Gasteiger partial charge in [0.05, 0.1) is 0 Å². The van der Waals surface area contributed by atoms with Gasteiger partial charge in [0.25, 0.3) is 5.56 Å². The average molecular weight is 321 g/mol. The molecule has 0 aliphatic heterocycles. The molecule has 2 heterocycles. The van der Waals surface area contributed by atoms with Crippen LogP contribution in [0.1, 0.15) is 26.7 Å². The molecule has 0 saturated heterocycles. The number of ketones is 1. The number of rotatable bonds is 4. The zero-order valence-corrected chi connectivity index (χ0v) is 12.8. The smallest absolute Gasteiger partial charge is 0.374 e. The molecule has 2 aromatic heterocycles. The Morgan fingerprint density at radius 2 is 1.87 bits per heavy atom. The van der Waals surface area contributed by atoms with Crippen LogP contribution >= 0.6 is 0 Å². The van der Waals surface area contributed by atoms with Gasteiger partial charge in [0.15, 0.2) is 6.61 Å². The number of aryl methyl sites for hydroxylation is 1. The normalized spacial score (nSPS) is 10.6. The van der Waals surface area contributed by atoms with E-state index in [1.165, 1.54) is 20.2 Å². The van der Waals surface area contributed by atoms with E-state index in [1.807, 2.05) is 0 Å². The van der Waals surface area contributed by atoms with Gasteiger partial charge in [-0.3, -0.25) is 18.7 Å². The Balaban J connectivity index is 2.24. The standard InChI is InChI=1S/C14H15N3O6/c1-7-4-5-9(23-7)13(20)22-6-8(18)10-11(15)16(2)14(21)17(3)12(10)19/h4-5H,6,15H2,1-3H3. The van der Waals surface area contributed by atoms with E-state index in [2.05, 4.69) is 0 Å². The summed E-state index contributed by atoms with van der Waals surface area (Å²) in [7, 11) is 2.55. The Morgan fingerprint density at radius 1 is 1.22 bits per heavy atom. The first-order valence-corrected chi connectivity index (χ1v) is 6.56. The van der Waals surface area contributed by atoms with Gasteiger partial charge in [-0.2, -0.15) is 0 Å². The monoisotopic (exact) mass is 321 g/mol. The van der Waals surface area contributed by atoms with Crippen molar-refractivity contribution < 1.29 is 18.7 Å². The molecular weight excluding hydrogens is 306 g/mol. The predicted molar refractivity (Wildman–Crippen MR) is 79.4 cm³/mol. The largest absolute Gasteiger partial charge is 0.454 e. The summed E-state index contributed by atoms with van der Waals surface area (Å²) in [5.74, 6) is -1.48. The Hall–Kier alpha value is -3.10. The summed E-state index contributed by atoms with van der Waals surface area (Å²) >= 11 is 0. The number of aromatic nitrogens is 2. The fourth-order valence-electron chi connectivity index (χ4n) is 1.94. The quantitative estimate of drug-likeness (QED) is 0.600. The molecule has 2 N–H and O–H groups in total. The van der Waals surface area contributed by atoms with Crippen molar-refractivity contribution >= 4 is 17.6 Å². The summed E-state index contributed by atoms with van der Waals surface area (Å²) in [6.45, 7) is 0.951. The molecule has 0 aromatic carbocycles. The second-order valence-electron chi connectivity index (χ2n) is 4.88. The van der Waals surface area contributed by atoms with Crippen LogP contribution in [0.2, 0.25) is 0 Å². The zero-order valence-electron chi connectivity index (χ0n) is 12.8. The zero-order chi connectivity index (χ0) is 17.3. The minimum atomic E-state index is -0.847. The molecule has 0 unspecified atom stereocenters. The van der Waals surface area contributed by atoms with Crippen LogP contribution in [0.5, 0.6) is 0 Å². The topological polar surface area (TPSA) is 127 Å². The molecule has 0 saturated carbocycles.